The molecule has 1 N–H and O–H groups in total. The molecule has 0 unspecified atom stereocenters. The predicted octanol–water partition coefficient (Wildman–Crippen LogP) is 2.17. The van der Waals surface area contributed by atoms with E-state index in [0.29, 0.717) is 26.2 Å². The number of carbonyl (C=O) groups is 2. The van der Waals surface area contributed by atoms with Gasteiger partial charge < -0.3 is 24.6 Å². The van der Waals surface area contributed by atoms with Gasteiger partial charge in [0.2, 0.25) is 11.8 Å². The number of nitrogens with zero attached hydrogens (tertiary/aromatic N) is 3. The highest BCUT2D eigenvalue weighted by molar-refractivity contribution is 5.94. The second-order valence-electron chi connectivity index (χ2n) is 7.96. The number of hydrogen-bond acceptors (Lipinski definition) is 6. The minimum Gasteiger partial charge on any atom is -0.490 e. The number of pyridine rings is 1. The number of piperidine rings is 1. The van der Waals surface area contributed by atoms with Crippen LogP contribution in [0, 0.1) is 5.92 Å². The molecule has 2 aliphatic heterocycles. The topological polar surface area (TPSA) is 84.0 Å². The number of hydrogen-bond donors (Lipinski definition) is 1. The molecule has 1 aromatic heterocycles. The van der Waals surface area contributed by atoms with Gasteiger partial charge in [-0.25, -0.2) is 0 Å². The first-order valence-electron chi connectivity index (χ1n) is 10.6. The molecular weight excluding hydrogens is 396 g/mol. The first-order valence-corrected chi connectivity index (χ1v) is 10.6. The third-order valence-corrected chi connectivity index (χ3v) is 5.75. The SMILES string of the molecule is COCC(=O)N1CCC(Oc2ccc(NC(=O)C3CN(c4cccnc4)C3)cc2)CC1. The molecule has 0 saturated carbocycles. The average molecular weight is 425 g/mol. The van der Waals surface area contributed by atoms with E-state index >= 15 is 0 Å². The molecule has 2 aromatic rings. The van der Waals surface area contributed by atoms with Gasteiger partial charge in [-0.2, -0.15) is 0 Å². The number of rotatable bonds is 7. The molecule has 1 aromatic carbocycles. The Balaban J connectivity index is 1.20. The summed E-state index contributed by atoms with van der Waals surface area (Å²) in [5.41, 5.74) is 1.80. The molecule has 0 bridgehead atoms. The van der Waals surface area contributed by atoms with Gasteiger partial charge in [0, 0.05) is 58.0 Å². The van der Waals surface area contributed by atoms with Crippen LogP contribution in [0.15, 0.2) is 48.8 Å². The molecule has 0 atom stereocenters. The van der Waals surface area contributed by atoms with E-state index in [-0.39, 0.29) is 30.4 Å². The van der Waals surface area contributed by atoms with Crippen LogP contribution >= 0.6 is 0 Å². The van der Waals surface area contributed by atoms with Crippen molar-refractivity contribution >= 4 is 23.2 Å². The lowest BCUT2D eigenvalue weighted by Gasteiger charge is -2.39. The van der Waals surface area contributed by atoms with Gasteiger partial charge in [0.1, 0.15) is 18.5 Å². The van der Waals surface area contributed by atoms with E-state index in [9.17, 15) is 9.59 Å². The smallest absolute Gasteiger partial charge is 0.248 e. The number of carbonyl (C=O) groups excluding carboxylic acids is 2. The number of nitrogens with one attached hydrogen (secondary N) is 1. The van der Waals surface area contributed by atoms with Crippen LogP contribution in [0.2, 0.25) is 0 Å². The van der Waals surface area contributed by atoms with Crippen molar-refractivity contribution in [2.45, 2.75) is 18.9 Å². The third kappa shape index (κ3) is 5.32. The van der Waals surface area contributed by atoms with Crippen LogP contribution in [0.5, 0.6) is 5.75 Å². The molecule has 4 rings (SSSR count). The number of benzene rings is 1. The molecule has 0 radical (unpaired) electrons. The van der Waals surface area contributed by atoms with Crippen LogP contribution in [0.1, 0.15) is 12.8 Å². The van der Waals surface area contributed by atoms with Crippen molar-refractivity contribution in [3.05, 3.63) is 48.8 Å². The molecule has 31 heavy (non-hydrogen) atoms. The highest BCUT2D eigenvalue weighted by atomic mass is 16.5. The number of anilines is 2. The van der Waals surface area contributed by atoms with Crippen LogP contribution in [0.3, 0.4) is 0 Å². The van der Waals surface area contributed by atoms with Crippen molar-refractivity contribution in [2.75, 3.05) is 50.1 Å². The van der Waals surface area contributed by atoms with E-state index in [1.165, 1.54) is 7.11 Å². The quantitative estimate of drug-likeness (QED) is 0.734. The summed E-state index contributed by atoms with van der Waals surface area (Å²) in [6.07, 6.45) is 5.23. The zero-order valence-corrected chi connectivity index (χ0v) is 17.7. The van der Waals surface area contributed by atoms with E-state index in [0.717, 1.165) is 30.0 Å². The van der Waals surface area contributed by atoms with Crippen LogP contribution in [-0.2, 0) is 14.3 Å². The molecule has 0 spiro atoms. The fraction of sp³-hybridized carbons (Fsp3) is 0.435. The van der Waals surface area contributed by atoms with Gasteiger partial charge in [-0.1, -0.05) is 0 Å². The Morgan fingerprint density at radius 1 is 1.13 bits per heavy atom. The lowest BCUT2D eigenvalue weighted by atomic mass is 9.98. The summed E-state index contributed by atoms with van der Waals surface area (Å²) in [4.78, 5) is 32.4. The zero-order chi connectivity index (χ0) is 21.6. The average Bonchev–Trinajstić information content (AvgIpc) is 2.75. The van der Waals surface area contributed by atoms with Gasteiger partial charge in [-0.3, -0.25) is 14.6 Å². The van der Waals surface area contributed by atoms with E-state index in [2.05, 4.69) is 15.2 Å². The number of ether oxygens (including phenoxy) is 2. The standard InChI is InChI=1S/C23H28N4O4/c1-30-16-22(28)26-11-8-21(9-12-26)31-20-6-4-18(5-7-20)25-23(29)17-14-27(15-17)19-3-2-10-24-13-19/h2-7,10,13,17,21H,8-9,11-12,14-16H2,1H3,(H,25,29). The molecular formula is C23H28N4O4. The summed E-state index contributed by atoms with van der Waals surface area (Å²) in [7, 11) is 1.53. The van der Waals surface area contributed by atoms with E-state index in [1.54, 1.807) is 6.20 Å². The zero-order valence-electron chi connectivity index (χ0n) is 17.7. The van der Waals surface area contributed by atoms with Gasteiger partial charge in [0.25, 0.3) is 0 Å². The maximum atomic E-state index is 12.5. The minimum absolute atomic E-state index is 0.0241. The molecule has 164 valence electrons. The Hall–Kier alpha value is -3.13. The molecule has 2 saturated heterocycles. The van der Waals surface area contributed by atoms with Gasteiger partial charge in [0.05, 0.1) is 17.8 Å². The van der Waals surface area contributed by atoms with Crippen molar-refractivity contribution in [2.24, 2.45) is 5.92 Å². The number of aromatic nitrogens is 1. The van der Waals surface area contributed by atoms with Gasteiger partial charge in [-0.15, -0.1) is 0 Å². The number of likely N-dealkylation sites (tertiary alicyclic amines) is 1. The van der Waals surface area contributed by atoms with Crippen molar-refractivity contribution in [3.8, 4) is 5.75 Å². The van der Waals surface area contributed by atoms with E-state index < -0.39 is 0 Å². The lowest BCUT2D eigenvalue weighted by Crippen LogP contribution is -2.52. The Labute approximate surface area is 182 Å². The summed E-state index contributed by atoms with van der Waals surface area (Å²) >= 11 is 0. The lowest BCUT2D eigenvalue weighted by molar-refractivity contribution is -0.136. The molecule has 0 aliphatic carbocycles. The van der Waals surface area contributed by atoms with Crippen LogP contribution < -0.4 is 15.0 Å². The Morgan fingerprint density at radius 2 is 1.87 bits per heavy atom. The van der Waals surface area contributed by atoms with Gasteiger partial charge in [-0.05, 0) is 36.4 Å². The largest absolute Gasteiger partial charge is 0.490 e. The Morgan fingerprint density at radius 3 is 2.52 bits per heavy atom. The second kappa shape index (κ2) is 9.78. The maximum Gasteiger partial charge on any atom is 0.248 e. The van der Waals surface area contributed by atoms with E-state index in [4.69, 9.17) is 9.47 Å². The van der Waals surface area contributed by atoms with Crippen molar-refractivity contribution in [1.82, 2.24) is 9.88 Å². The first-order chi connectivity index (χ1) is 15.1. The summed E-state index contributed by atoms with van der Waals surface area (Å²) in [5, 5.41) is 2.98. The fourth-order valence-electron chi connectivity index (χ4n) is 3.89. The Bertz CT molecular complexity index is 876. The molecule has 8 heteroatoms. The fourth-order valence-corrected chi connectivity index (χ4v) is 3.89. The number of amides is 2. The van der Waals surface area contributed by atoms with Crippen molar-refractivity contribution < 1.29 is 19.1 Å². The second-order valence-corrected chi connectivity index (χ2v) is 7.96. The van der Waals surface area contributed by atoms with E-state index in [1.807, 2.05) is 47.5 Å². The monoisotopic (exact) mass is 424 g/mol. The van der Waals surface area contributed by atoms with Crippen molar-refractivity contribution in [3.63, 3.8) is 0 Å². The van der Waals surface area contributed by atoms with Crippen molar-refractivity contribution in [1.29, 1.82) is 0 Å². The van der Waals surface area contributed by atoms with Gasteiger partial charge >= 0.3 is 0 Å². The van der Waals surface area contributed by atoms with Crippen LogP contribution in [-0.4, -0.2) is 67.7 Å². The highest BCUT2D eigenvalue weighted by Gasteiger charge is 2.33. The summed E-state index contributed by atoms with van der Waals surface area (Å²) in [6.45, 7) is 2.88. The minimum atomic E-state index is -0.0258. The summed E-state index contributed by atoms with van der Waals surface area (Å²) < 4.78 is 11.0. The first kappa shape index (κ1) is 21.1. The van der Waals surface area contributed by atoms with Crippen LogP contribution in [0.25, 0.3) is 0 Å². The molecule has 8 nitrogen and oxygen atoms in total. The summed E-state index contributed by atoms with van der Waals surface area (Å²) in [5.74, 6) is 0.797. The maximum absolute atomic E-state index is 12.5. The predicted molar refractivity (Wildman–Crippen MR) is 117 cm³/mol. The number of methoxy groups -OCH3 is 1. The Kier molecular flexibility index (Phi) is 6.66. The molecule has 2 fully saturated rings. The molecule has 3 heterocycles. The normalized spacial score (nSPS) is 17.2. The third-order valence-electron chi connectivity index (χ3n) is 5.75. The molecule has 2 amide bonds. The highest BCUT2D eigenvalue weighted by Crippen LogP contribution is 2.26. The molecule has 2 aliphatic rings. The summed E-state index contributed by atoms with van der Waals surface area (Å²) in [6, 6.07) is 11.4. The van der Waals surface area contributed by atoms with Crippen LogP contribution in [0.4, 0.5) is 11.4 Å². The van der Waals surface area contributed by atoms with Gasteiger partial charge in [0.15, 0.2) is 0 Å².